The summed E-state index contributed by atoms with van der Waals surface area (Å²) < 4.78 is 33.9. The molecule has 170 valence electrons. The van der Waals surface area contributed by atoms with Crippen molar-refractivity contribution in [1.29, 1.82) is 0 Å². The normalized spacial score (nSPS) is 19.8. The van der Waals surface area contributed by atoms with Gasteiger partial charge in [-0.25, -0.2) is 13.5 Å². The van der Waals surface area contributed by atoms with Crippen molar-refractivity contribution < 1.29 is 14.9 Å². The van der Waals surface area contributed by atoms with Crippen LogP contribution >= 0.6 is 0 Å². The van der Waals surface area contributed by atoms with Crippen LogP contribution in [0, 0.1) is 18.6 Å². The summed E-state index contributed by atoms with van der Waals surface area (Å²) in [7, 11) is 0. The van der Waals surface area contributed by atoms with Crippen LogP contribution in [0.4, 0.5) is 26.1 Å². The summed E-state index contributed by atoms with van der Waals surface area (Å²) >= 11 is 0. The van der Waals surface area contributed by atoms with E-state index in [-0.39, 0.29) is 7.11 Å². The Kier molecular flexibility index (Phi) is 5.52. The second-order valence-electron chi connectivity index (χ2n) is 8.54. The highest BCUT2D eigenvalue weighted by molar-refractivity contribution is 5.65. The molecule has 0 bridgehead atoms. The molecule has 1 N–H and O–H groups in total. The van der Waals surface area contributed by atoms with E-state index in [1.165, 1.54) is 23.1 Å². The van der Waals surface area contributed by atoms with Gasteiger partial charge in [-0.2, -0.15) is 4.98 Å². The summed E-state index contributed by atoms with van der Waals surface area (Å²) in [5, 5.41) is 7.51. The fraction of sp³-hybridized carbons (Fsp3) is 0.391. The topological polar surface area (TPSA) is 58.5 Å². The fourth-order valence-electron chi connectivity index (χ4n) is 4.42. The average molecular weight is 443 g/mol. The number of nitrogens with zero attached hydrogens (tertiary/aromatic N) is 5. The summed E-state index contributed by atoms with van der Waals surface area (Å²) in [5.41, 5.74) is 3.42. The number of aromatic nitrogens is 3. The van der Waals surface area contributed by atoms with E-state index in [1.54, 1.807) is 0 Å². The molecular formula is C23H28F2N6O. The number of rotatable bonds is 5. The minimum absolute atomic E-state index is 0. The molecule has 2 fully saturated rings. The molecule has 3 heterocycles. The Balaban J connectivity index is 0.00000259. The zero-order valence-electron chi connectivity index (χ0n) is 18.1. The number of nitrogens with one attached hydrogen (secondary N) is 1. The van der Waals surface area contributed by atoms with Crippen molar-refractivity contribution in [1.82, 2.24) is 19.7 Å². The number of hydrogen-bond donors (Lipinski definition) is 1. The van der Waals surface area contributed by atoms with Gasteiger partial charge in [0.15, 0.2) is 0 Å². The minimum atomic E-state index is -0.660. The summed E-state index contributed by atoms with van der Waals surface area (Å²) in [6.45, 7) is 8.86. The molecule has 0 radical (unpaired) electrons. The molecular weight excluding hydrogens is 414 g/mol. The van der Waals surface area contributed by atoms with E-state index >= 15 is 0 Å². The summed E-state index contributed by atoms with van der Waals surface area (Å²) in [4.78, 5) is 9.14. The number of benzene rings is 2. The Morgan fingerprint density at radius 3 is 2.59 bits per heavy atom. The van der Waals surface area contributed by atoms with Crippen molar-refractivity contribution in [3.63, 3.8) is 0 Å². The van der Waals surface area contributed by atoms with Gasteiger partial charge in [-0.3, -0.25) is 4.90 Å². The quantitative estimate of drug-likeness (QED) is 0.650. The monoisotopic (exact) mass is 442 g/mol. The molecule has 0 aliphatic carbocycles. The van der Waals surface area contributed by atoms with Crippen LogP contribution in [0.25, 0.3) is 5.69 Å². The van der Waals surface area contributed by atoms with Crippen molar-refractivity contribution in [3.05, 3.63) is 59.9 Å². The SMILES string of the molecule is Cc1cc(Nc2ncn(-c3cc(F)cc(F)c3)n2)cc(N2CC(N3CCOC[C@H]3C)C2)c1.[HH]. The van der Waals surface area contributed by atoms with Crippen LogP contribution in [-0.4, -0.2) is 64.6 Å². The first-order valence-corrected chi connectivity index (χ1v) is 10.8. The van der Waals surface area contributed by atoms with Crippen molar-refractivity contribution in [2.45, 2.75) is 25.9 Å². The van der Waals surface area contributed by atoms with Crippen LogP contribution in [0.3, 0.4) is 0 Å². The lowest BCUT2D eigenvalue weighted by Crippen LogP contribution is -2.63. The van der Waals surface area contributed by atoms with Gasteiger partial charge in [0.25, 0.3) is 0 Å². The lowest BCUT2D eigenvalue weighted by atomic mass is 10.0. The van der Waals surface area contributed by atoms with Crippen LogP contribution in [0.2, 0.25) is 0 Å². The second kappa shape index (κ2) is 8.48. The van der Waals surface area contributed by atoms with Gasteiger partial charge in [-0.05, 0) is 49.7 Å². The van der Waals surface area contributed by atoms with E-state index in [2.05, 4.69) is 51.2 Å². The third kappa shape index (κ3) is 4.31. The molecule has 2 saturated heterocycles. The molecule has 5 rings (SSSR count). The maximum Gasteiger partial charge on any atom is 0.246 e. The largest absolute Gasteiger partial charge is 0.379 e. The average Bonchev–Trinajstić information content (AvgIpc) is 3.16. The third-order valence-corrected chi connectivity index (χ3v) is 6.04. The standard InChI is InChI=1S/C23H26F2N6O.H2/c1-15-5-19(27-23-26-14-31(28-23)21-8-17(24)7-18(25)9-21)10-20(6-15)29-11-22(12-29)30-3-4-32-13-16(30)2;/h5-10,14,16,22H,3-4,11-13H2,1-2H3,(H,27,28);1H/t16-;/m1./s1. The molecule has 9 heteroatoms. The highest BCUT2D eigenvalue weighted by Gasteiger charge is 2.35. The third-order valence-electron chi connectivity index (χ3n) is 6.04. The van der Waals surface area contributed by atoms with Crippen LogP contribution in [0.15, 0.2) is 42.7 Å². The molecule has 0 saturated carbocycles. The van der Waals surface area contributed by atoms with Gasteiger partial charge in [0.1, 0.15) is 18.0 Å². The fourth-order valence-corrected chi connectivity index (χ4v) is 4.42. The van der Waals surface area contributed by atoms with E-state index < -0.39 is 11.6 Å². The van der Waals surface area contributed by atoms with Crippen LogP contribution in [0.5, 0.6) is 0 Å². The molecule has 3 aromatic rings. The molecule has 32 heavy (non-hydrogen) atoms. The predicted molar refractivity (Wildman–Crippen MR) is 121 cm³/mol. The minimum Gasteiger partial charge on any atom is -0.379 e. The predicted octanol–water partition coefficient (Wildman–Crippen LogP) is 3.75. The van der Waals surface area contributed by atoms with Gasteiger partial charge in [0, 0.05) is 50.6 Å². The second-order valence-corrected chi connectivity index (χ2v) is 8.54. The number of halogens is 2. The number of hydrogen-bond acceptors (Lipinski definition) is 6. The van der Waals surface area contributed by atoms with Crippen LogP contribution < -0.4 is 10.2 Å². The zero-order valence-corrected chi connectivity index (χ0v) is 18.1. The molecule has 2 aromatic carbocycles. The Bertz CT molecular complexity index is 1100. The van der Waals surface area contributed by atoms with Gasteiger partial charge in [-0.1, -0.05) is 0 Å². The zero-order chi connectivity index (χ0) is 22.2. The number of morpholine rings is 1. The lowest BCUT2D eigenvalue weighted by Gasteiger charge is -2.50. The molecule has 2 aliphatic heterocycles. The van der Waals surface area contributed by atoms with Gasteiger partial charge >= 0.3 is 0 Å². The maximum atomic E-state index is 13.5. The summed E-state index contributed by atoms with van der Waals surface area (Å²) in [6.07, 6.45) is 1.43. The first-order chi connectivity index (χ1) is 15.4. The Labute approximate surface area is 187 Å². The van der Waals surface area contributed by atoms with Crippen molar-refractivity contribution in [3.8, 4) is 5.69 Å². The Morgan fingerprint density at radius 1 is 1.06 bits per heavy atom. The smallest absolute Gasteiger partial charge is 0.246 e. The van der Waals surface area contributed by atoms with E-state index in [0.717, 1.165) is 55.9 Å². The molecule has 7 nitrogen and oxygen atoms in total. The number of ether oxygens (including phenoxy) is 1. The molecule has 0 unspecified atom stereocenters. The summed E-state index contributed by atoms with van der Waals surface area (Å²) in [6, 6.07) is 10.5. The Hall–Kier alpha value is -3.04. The first-order valence-electron chi connectivity index (χ1n) is 10.8. The number of anilines is 3. The van der Waals surface area contributed by atoms with E-state index in [9.17, 15) is 8.78 Å². The van der Waals surface area contributed by atoms with Gasteiger partial charge < -0.3 is 15.0 Å². The van der Waals surface area contributed by atoms with Crippen molar-refractivity contribution in [2.24, 2.45) is 0 Å². The van der Waals surface area contributed by atoms with Crippen molar-refractivity contribution >= 4 is 17.3 Å². The summed E-state index contributed by atoms with van der Waals surface area (Å²) in [5.74, 6) is -0.963. The highest BCUT2D eigenvalue weighted by atomic mass is 19.1. The highest BCUT2D eigenvalue weighted by Crippen LogP contribution is 2.30. The van der Waals surface area contributed by atoms with Gasteiger partial charge in [-0.15, -0.1) is 5.10 Å². The van der Waals surface area contributed by atoms with Crippen molar-refractivity contribution in [2.75, 3.05) is 43.1 Å². The molecule has 0 amide bonds. The van der Waals surface area contributed by atoms with E-state index in [0.29, 0.717) is 18.0 Å². The van der Waals surface area contributed by atoms with E-state index in [4.69, 9.17) is 4.74 Å². The number of aryl methyl sites for hydroxylation is 1. The maximum absolute atomic E-state index is 13.5. The first kappa shape index (κ1) is 20.8. The molecule has 1 atom stereocenters. The Morgan fingerprint density at radius 2 is 1.84 bits per heavy atom. The van der Waals surface area contributed by atoms with Gasteiger partial charge in [0.05, 0.1) is 18.9 Å². The van der Waals surface area contributed by atoms with Crippen LogP contribution in [0.1, 0.15) is 13.9 Å². The molecule has 1 aromatic heterocycles. The van der Waals surface area contributed by atoms with Gasteiger partial charge in [0.2, 0.25) is 5.95 Å². The molecule has 2 aliphatic rings. The van der Waals surface area contributed by atoms with E-state index in [1.807, 2.05) is 6.07 Å². The lowest BCUT2D eigenvalue weighted by molar-refractivity contribution is -0.0274. The van der Waals surface area contributed by atoms with Crippen LogP contribution in [-0.2, 0) is 4.74 Å². The molecule has 0 spiro atoms.